The molecule has 1 aliphatic carbocycles. The topological polar surface area (TPSA) is 56.2 Å². The number of carbonyl (C=O) groups is 1. The number of aromatic nitrogens is 2. The van der Waals surface area contributed by atoms with Gasteiger partial charge in [0.15, 0.2) is 5.16 Å². The van der Waals surface area contributed by atoms with E-state index < -0.39 is 0 Å². The predicted molar refractivity (Wildman–Crippen MR) is 116 cm³/mol. The van der Waals surface area contributed by atoms with Crippen molar-refractivity contribution < 1.29 is 9.53 Å². The van der Waals surface area contributed by atoms with Gasteiger partial charge in [0.2, 0.25) is 5.91 Å². The Hall–Kier alpha value is -2.73. The number of hydrogen-bond donors (Lipinski definition) is 1. The van der Waals surface area contributed by atoms with E-state index in [2.05, 4.69) is 34.6 Å². The second-order valence-corrected chi connectivity index (χ2v) is 8.29. The Labute approximate surface area is 175 Å². The van der Waals surface area contributed by atoms with Crippen LogP contribution in [-0.2, 0) is 10.2 Å². The third kappa shape index (κ3) is 4.32. The lowest BCUT2D eigenvalue weighted by Gasteiger charge is -2.42. The van der Waals surface area contributed by atoms with E-state index in [-0.39, 0.29) is 11.3 Å². The summed E-state index contributed by atoms with van der Waals surface area (Å²) in [7, 11) is 1.65. The Morgan fingerprint density at radius 2 is 2.03 bits per heavy atom. The van der Waals surface area contributed by atoms with E-state index in [0.717, 1.165) is 29.4 Å². The molecule has 29 heavy (non-hydrogen) atoms. The van der Waals surface area contributed by atoms with Crippen molar-refractivity contribution in [1.82, 2.24) is 14.9 Å². The Balaban J connectivity index is 1.35. The van der Waals surface area contributed by atoms with Crippen molar-refractivity contribution in [3.63, 3.8) is 0 Å². The van der Waals surface area contributed by atoms with Gasteiger partial charge in [0.05, 0.1) is 18.6 Å². The van der Waals surface area contributed by atoms with E-state index in [1.807, 2.05) is 41.1 Å². The number of benzene rings is 2. The van der Waals surface area contributed by atoms with Gasteiger partial charge in [-0.05, 0) is 30.5 Å². The van der Waals surface area contributed by atoms with Crippen molar-refractivity contribution in [2.75, 3.05) is 19.4 Å². The van der Waals surface area contributed by atoms with Gasteiger partial charge in [0.25, 0.3) is 0 Å². The molecule has 0 atom stereocenters. The van der Waals surface area contributed by atoms with Gasteiger partial charge in [-0.15, -0.1) is 0 Å². The second-order valence-electron chi connectivity index (χ2n) is 7.35. The average Bonchev–Trinajstić information content (AvgIpc) is 3.21. The molecule has 4 rings (SSSR count). The lowest BCUT2D eigenvalue weighted by atomic mass is 9.64. The SMILES string of the molecule is COc1cccc(-n2ccnc2SCC(=O)NCC2(c3ccccc3)CCC2)c1. The number of ether oxygens (including phenoxy) is 1. The Morgan fingerprint density at radius 1 is 1.21 bits per heavy atom. The van der Waals surface area contributed by atoms with Gasteiger partial charge >= 0.3 is 0 Å². The number of hydrogen-bond acceptors (Lipinski definition) is 4. The first-order chi connectivity index (χ1) is 14.2. The molecule has 1 amide bonds. The highest BCUT2D eigenvalue weighted by molar-refractivity contribution is 7.99. The predicted octanol–water partition coefficient (Wildman–Crippen LogP) is 4.21. The quantitative estimate of drug-likeness (QED) is 0.568. The minimum absolute atomic E-state index is 0.0393. The molecule has 2 aromatic carbocycles. The normalized spacial score (nSPS) is 14.8. The monoisotopic (exact) mass is 407 g/mol. The molecule has 5 nitrogen and oxygen atoms in total. The summed E-state index contributed by atoms with van der Waals surface area (Å²) in [6.45, 7) is 0.695. The molecular formula is C23H25N3O2S. The van der Waals surface area contributed by atoms with Crippen molar-refractivity contribution in [2.24, 2.45) is 0 Å². The maximum atomic E-state index is 12.5. The van der Waals surface area contributed by atoms with Crippen LogP contribution in [0.1, 0.15) is 24.8 Å². The summed E-state index contributed by atoms with van der Waals surface area (Å²) < 4.78 is 7.27. The molecule has 0 aliphatic heterocycles. The highest BCUT2D eigenvalue weighted by Gasteiger charge is 2.38. The molecule has 0 radical (unpaired) electrons. The molecule has 1 N–H and O–H groups in total. The van der Waals surface area contributed by atoms with E-state index >= 15 is 0 Å². The Bertz CT molecular complexity index is 967. The van der Waals surface area contributed by atoms with Gasteiger partial charge in [0.1, 0.15) is 5.75 Å². The van der Waals surface area contributed by atoms with Crippen molar-refractivity contribution >= 4 is 17.7 Å². The van der Waals surface area contributed by atoms with E-state index in [4.69, 9.17) is 4.74 Å². The Kier molecular flexibility index (Phi) is 5.90. The summed E-state index contributed by atoms with van der Waals surface area (Å²) >= 11 is 1.44. The number of nitrogens with one attached hydrogen (secondary N) is 1. The zero-order valence-electron chi connectivity index (χ0n) is 16.5. The molecule has 0 unspecified atom stereocenters. The number of thioether (sulfide) groups is 1. The fourth-order valence-electron chi connectivity index (χ4n) is 3.77. The number of methoxy groups -OCH3 is 1. The first-order valence-corrected chi connectivity index (χ1v) is 10.8. The Morgan fingerprint density at radius 3 is 2.76 bits per heavy atom. The summed E-state index contributed by atoms with van der Waals surface area (Å²) in [5, 5.41) is 3.93. The molecule has 1 aromatic heterocycles. The van der Waals surface area contributed by atoms with Crippen molar-refractivity contribution in [3.05, 3.63) is 72.6 Å². The van der Waals surface area contributed by atoms with Gasteiger partial charge in [-0.2, -0.15) is 0 Å². The number of nitrogens with zero attached hydrogens (tertiary/aromatic N) is 2. The maximum Gasteiger partial charge on any atom is 0.230 e. The zero-order valence-corrected chi connectivity index (χ0v) is 17.3. The molecule has 3 aromatic rings. The number of rotatable bonds is 8. The first kappa shape index (κ1) is 19.6. The lowest BCUT2D eigenvalue weighted by molar-refractivity contribution is -0.119. The summed E-state index contributed by atoms with van der Waals surface area (Å²) in [4.78, 5) is 16.9. The van der Waals surface area contributed by atoms with Crippen molar-refractivity contribution in [1.29, 1.82) is 0 Å². The van der Waals surface area contributed by atoms with E-state index in [1.54, 1.807) is 13.3 Å². The van der Waals surface area contributed by atoms with Crippen LogP contribution in [-0.4, -0.2) is 34.9 Å². The van der Waals surface area contributed by atoms with Gasteiger partial charge < -0.3 is 10.1 Å². The van der Waals surface area contributed by atoms with Crippen LogP contribution in [0.4, 0.5) is 0 Å². The van der Waals surface area contributed by atoms with E-state index in [0.29, 0.717) is 12.3 Å². The molecule has 6 heteroatoms. The summed E-state index contributed by atoms with van der Waals surface area (Å²) in [6, 6.07) is 18.3. The molecule has 1 heterocycles. The fraction of sp³-hybridized carbons (Fsp3) is 0.304. The third-order valence-corrected chi connectivity index (χ3v) is 6.56. The molecule has 0 bridgehead atoms. The number of amides is 1. The fourth-order valence-corrected chi connectivity index (χ4v) is 4.57. The van der Waals surface area contributed by atoms with Crippen LogP contribution in [0.25, 0.3) is 5.69 Å². The highest BCUT2D eigenvalue weighted by atomic mass is 32.2. The van der Waals surface area contributed by atoms with Crippen molar-refractivity contribution in [2.45, 2.75) is 29.8 Å². The number of imidazole rings is 1. The second kappa shape index (κ2) is 8.74. The summed E-state index contributed by atoms with van der Waals surface area (Å²) in [5.41, 5.74) is 2.38. The maximum absolute atomic E-state index is 12.5. The average molecular weight is 408 g/mol. The third-order valence-electron chi connectivity index (χ3n) is 5.59. The smallest absolute Gasteiger partial charge is 0.230 e. The van der Waals surface area contributed by atoms with E-state index in [9.17, 15) is 4.79 Å². The van der Waals surface area contributed by atoms with Crippen LogP contribution >= 0.6 is 11.8 Å². The van der Waals surface area contributed by atoms with Crippen LogP contribution in [0, 0.1) is 0 Å². The minimum Gasteiger partial charge on any atom is -0.497 e. The summed E-state index contributed by atoms with van der Waals surface area (Å²) in [6.07, 6.45) is 7.12. The van der Waals surface area contributed by atoms with Crippen LogP contribution in [0.2, 0.25) is 0 Å². The number of carbonyl (C=O) groups excluding carboxylic acids is 1. The van der Waals surface area contributed by atoms with Gasteiger partial charge in [-0.3, -0.25) is 9.36 Å². The van der Waals surface area contributed by atoms with Gasteiger partial charge in [-0.25, -0.2) is 4.98 Å². The molecular weight excluding hydrogens is 382 g/mol. The van der Waals surface area contributed by atoms with Crippen LogP contribution in [0.15, 0.2) is 72.1 Å². The van der Waals surface area contributed by atoms with Crippen LogP contribution < -0.4 is 10.1 Å². The van der Waals surface area contributed by atoms with Crippen LogP contribution in [0.5, 0.6) is 5.75 Å². The van der Waals surface area contributed by atoms with E-state index in [1.165, 1.54) is 23.7 Å². The largest absolute Gasteiger partial charge is 0.497 e. The standard InChI is InChI=1S/C23H25N3O2S/c1-28-20-10-5-9-19(15-20)26-14-13-24-22(26)29-16-21(27)25-17-23(11-6-12-23)18-7-3-2-4-8-18/h2-5,7-10,13-15H,6,11-12,16-17H2,1H3,(H,25,27). The first-order valence-electron chi connectivity index (χ1n) is 9.83. The molecule has 1 fully saturated rings. The molecule has 1 saturated carbocycles. The highest BCUT2D eigenvalue weighted by Crippen LogP contribution is 2.43. The molecule has 0 spiro atoms. The van der Waals surface area contributed by atoms with Gasteiger partial charge in [-0.1, -0.05) is 54.6 Å². The minimum atomic E-state index is 0.0393. The molecule has 0 saturated heterocycles. The van der Waals surface area contributed by atoms with Gasteiger partial charge in [0, 0.05) is 30.4 Å². The lowest BCUT2D eigenvalue weighted by Crippen LogP contribution is -2.46. The summed E-state index contributed by atoms with van der Waals surface area (Å²) in [5.74, 6) is 1.17. The molecule has 150 valence electrons. The zero-order chi connectivity index (χ0) is 20.1. The van der Waals surface area contributed by atoms with Crippen molar-refractivity contribution in [3.8, 4) is 11.4 Å². The van der Waals surface area contributed by atoms with Crippen LogP contribution in [0.3, 0.4) is 0 Å². The molecule has 1 aliphatic rings.